The number of hydrogen-bond donors (Lipinski definition) is 1. The fourth-order valence-corrected chi connectivity index (χ4v) is 1.38. The number of anilines is 1. The number of amides is 1. The molecule has 8 heteroatoms. The first-order valence-corrected chi connectivity index (χ1v) is 5.78. The number of nitrogens with one attached hydrogen (secondary N) is 1. The van der Waals surface area contributed by atoms with E-state index in [2.05, 4.69) is 26.2 Å². The van der Waals surface area contributed by atoms with E-state index in [0.29, 0.717) is 4.47 Å². The Hall–Kier alpha value is -1.70. The van der Waals surface area contributed by atoms with Crippen molar-refractivity contribution in [3.63, 3.8) is 0 Å². The number of aromatic nitrogens is 1. The van der Waals surface area contributed by atoms with Crippen LogP contribution in [0.15, 0.2) is 16.7 Å². The average Bonchev–Trinajstić information content (AvgIpc) is 2.17. The van der Waals surface area contributed by atoms with E-state index in [-0.39, 0.29) is 11.5 Å². The lowest BCUT2D eigenvalue weighted by atomic mass is 10.2. The van der Waals surface area contributed by atoms with Crippen LogP contribution >= 0.6 is 15.9 Å². The van der Waals surface area contributed by atoms with Crippen molar-refractivity contribution < 1.29 is 14.5 Å². The summed E-state index contributed by atoms with van der Waals surface area (Å²) >= 11 is 3.07. The van der Waals surface area contributed by atoms with Gasteiger partial charge in [0.05, 0.1) is 4.92 Å². The van der Waals surface area contributed by atoms with Gasteiger partial charge in [0.2, 0.25) is 5.82 Å². The Morgan fingerprint density at radius 3 is 2.67 bits per heavy atom. The average molecular weight is 318 g/mol. The molecule has 0 spiro atoms. The third kappa shape index (κ3) is 4.28. The molecule has 0 aliphatic rings. The molecule has 0 aromatic carbocycles. The molecule has 1 amide bonds. The lowest BCUT2D eigenvalue weighted by Crippen LogP contribution is -2.27. The molecule has 0 aliphatic heterocycles. The highest BCUT2D eigenvalue weighted by molar-refractivity contribution is 9.10. The Morgan fingerprint density at radius 2 is 2.17 bits per heavy atom. The summed E-state index contributed by atoms with van der Waals surface area (Å²) in [5, 5.41) is 13.0. The van der Waals surface area contributed by atoms with Crippen LogP contribution < -0.4 is 5.32 Å². The molecule has 1 aromatic heterocycles. The first kappa shape index (κ1) is 14.4. The Bertz CT molecular complexity index is 485. The Labute approximate surface area is 112 Å². The van der Waals surface area contributed by atoms with Crippen molar-refractivity contribution in [2.75, 3.05) is 5.32 Å². The molecule has 0 saturated carbocycles. The quantitative estimate of drug-likeness (QED) is 0.668. The van der Waals surface area contributed by atoms with Gasteiger partial charge < -0.3 is 4.74 Å². The number of pyridine rings is 1. The summed E-state index contributed by atoms with van der Waals surface area (Å²) in [6.07, 6.45) is 0.556. The summed E-state index contributed by atoms with van der Waals surface area (Å²) in [5.41, 5.74) is -0.996. The third-order valence-corrected chi connectivity index (χ3v) is 2.08. The van der Waals surface area contributed by atoms with E-state index in [1.165, 1.54) is 12.3 Å². The molecule has 0 saturated heterocycles. The van der Waals surface area contributed by atoms with E-state index in [0.717, 1.165) is 0 Å². The molecular formula is C10H12BrN3O4. The fraction of sp³-hybridized carbons (Fsp3) is 0.400. The van der Waals surface area contributed by atoms with Crippen LogP contribution in [0.1, 0.15) is 20.8 Å². The molecule has 0 atom stereocenters. The van der Waals surface area contributed by atoms with Gasteiger partial charge in [0.15, 0.2) is 0 Å². The highest BCUT2D eigenvalue weighted by Crippen LogP contribution is 2.25. The van der Waals surface area contributed by atoms with Crippen molar-refractivity contribution in [1.82, 2.24) is 4.98 Å². The van der Waals surface area contributed by atoms with Gasteiger partial charge in [-0.05, 0) is 36.7 Å². The predicted molar refractivity (Wildman–Crippen MR) is 68.4 cm³/mol. The Morgan fingerprint density at radius 1 is 1.56 bits per heavy atom. The summed E-state index contributed by atoms with van der Waals surface area (Å²) in [7, 11) is 0. The van der Waals surface area contributed by atoms with E-state index in [1.54, 1.807) is 20.8 Å². The molecule has 1 N–H and O–H groups in total. The zero-order chi connectivity index (χ0) is 13.9. The summed E-state index contributed by atoms with van der Waals surface area (Å²) in [6, 6.07) is 1.25. The number of halogens is 1. The van der Waals surface area contributed by atoms with Crippen LogP contribution in [0, 0.1) is 10.1 Å². The summed E-state index contributed by atoms with van der Waals surface area (Å²) in [6.45, 7) is 5.07. The van der Waals surface area contributed by atoms with Crippen LogP contribution in [0.5, 0.6) is 0 Å². The fourth-order valence-electron chi connectivity index (χ4n) is 1.06. The first-order chi connectivity index (χ1) is 8.19. The minimum Gasteiger partial charge on any atom is -0.444 e. The van der Waals surface area contributed by atoms with Crippen molar-refractivity contribution >= 4 is 33.5 Å². The van der Waals surface area contributed by atoms with Gasteiger partial charge in [-0.25, -0.2) is 9.78 Å². The van der Waals surface area contributed by atoms with Crippen LogP contribution in [0.25, 0.3) is 0 Å². The van der Waals surface area contributed by atoms with Gasteiger partial charge in [-0.15, -0.1) is 0 Å². The van der Waals surface area contributed by atoms with Crippen molar-refractivity contribution in [3.8, 4) is 0 Å². The second kappa shape index (κ2) is 5.30. The number of carbonyl (C=O) groups is 1. The van der Waals surface area contributed by atoms with Crippen LogP contribution in [0.3, 0.4) is 0 Å². The maximum absolute atomic E-state index is 11.5. The van der Waals surface area contributed by atoms with Crippen LogP contribution in [0.2, 0.25) is 0 Å². The van der Waals surface area contributed by atoms with Crippen molar-refractivity contribution in [2.24, 2.45) is 0 Å². The molecule has 0 bridgehead atoms. The zero-order valence-electron chi connectivity index (χ0n) is 10.1. The number of hydrogen-bond acceptors (Lipinski definition) is 5. The minimum atomic E-state index is -0.791. The molecule has 1 heterocycles. The maximum Gasteiger partial charge on any atom is 0.413 e. The van der Waals surface area contributed by atoms with E-state index >= 15 is 0 Å². The van der Waals surface area contributed by atoms with Crippen molar-refractivity contribution in [3.05, 3.63) is 26.9 Å². The van der Waals surface area contributed by atoms with Gasteiger partial charge in [-0.2, -0.15) is 0 Å². The van der Waals surface area contributed by atoms with Crippen LogP contribution in [-0.2, 0) is 4.74 Å². The molecule has 0 fully saturated rings. The topological polar surface area (TPSA) is 94.4 Å². The molecule has 0 unspecified atom stereocenters. The number of rotatable bonds is 2. The molecule has 0 radical (unpaired) electrons. The van der Waals surface area contributed by atoms with Gasteiger partial charge in [-0.3, -0.25) is 15.4 Å². The van der Waals surface area contributed by atoms with Crippen LogP contribution in [0.4, 0.5) is 16.3 Å². The van der Waals surface area contributed by atoms with Crippen molar-refractivity contribution in [1.29, 1.82) is 0 Å². The van der Waals surface area contributed by atoms with E-state index in [4.69, 9.17) is 4.74 Å². The first-order valence-electron chi connectivity index (χ1n) is 4.99. The van der Waals surface area contributed by atoms with E-state index in [9.17, 15) is 14.9 Å². The van der Waals surface area contributed by atoms with Gasteiger partial charge in [0.25, 0.3) is 0 Å². The van der Waals surface area contributed by atoms with Gasteiger partial charge in [0, 0.05) is 16.7 Å². The van der Waals surface area contributed by atoms with Gasteiger partial charge >= 0.3 is 11.8 Å². The van der Waals surface area contributed by atoms with Gasteiger partial charge in [-0.1, -0.05) is 0 Å². The summed E-state index contributed by atoms with van der Waals surface area (Å²) < 4.78 is 5.43. The monoisotopic (exact) mass is 317 g/mol. The second-order valence-corrected chi connectivity index (χ2v) is 5.32. The lowest BCUT2D eigenvalue weighted by Gasteiger charge is -2.19. The van der Waals surface area contributed by atoms with E-state index < -0.39 is 16.6 Å². The smallest absolute Gasteiger partial charge is 0.413 e. The lowest BCUT2D eigenvalue weighted by molar-refractivity contribution is -0.384. The molecule has 98 valence electrons. The molecule has 7 nitrogen and oxygen atoms in total. The maximum atomic E-state index is 11.5. The number of ether oxygens (including phenoxy) is 1. The normalized spacial score (nSPS) is 10.9. The highest BCUT2D eigenvalue weighted by Gasteiger charge is 2.21. The highest BCUT2D eigenvalue weighted by atomic mass is 79.9. The Kier molecular flexibility index (Phi) is 4.23. The molecule has 0 aliphatic carbocycles. The molecule has 1 rings (SSSR count). The van der Waals surface area contributed by atoms with Crippen molar-refractivity contribution in [2.45, 2.75) is 26.4 Å². The Balaban J connectivity index is 2.91. The summed E-state index contributed by atoms with van der Waals surface area (Å²) in [4.78, 5) is 25.4. The SMILES string of the molecule is CC(C)(C)OC(=O)Nc1ncc(Br)cc1[N+](=O)[O-]. The van der Waals surface area contributed by atoms with Crippen LogP contribution in [-0.4, -0.2) is 21.6 Å². The standard InChI is InChI=1S/C10H12BrN3O4/c1-10(2,3)18-9(15)13-8-7(14(16)17)4-6(11)5-12-8/h4-5H,1-3H3,(H,12,13,15). The second-order valence-electron chi connectivity index (χ2n) is 4.41. The number of carbonyl (C=O) groups excluding carboxylic acids is 1. The van der Waals surface area contributed by atoms with Gasteiger partial charge in [0.1, 0.15) is 5.60 Å². The zero-order valence-corrected chi connectivity index (χ0v) is 11.6. The summed E-state index contributed by atoms with van der Waals surface area (Å²) in [5.74, 6) is -0.155. The minimum absolute atomic E-state index is 0.155. The third-order valence-electron chi connectivity index (χ3n) is 1.65. The largest absolute Gasteiger partial charge is 0.444 e. The number of nitro groups is 1. The van der Waals surface area contributed by atoms with E-state index in [1.807, 2.05) is 0 Å². The predicted octanol–water partition coefficient (Wildman–Crippen LogP) is 3.10. The number of nitrogens with zero attached hydrogens (tertiary/aromatic N) is 2. The molecule has 1 aromatic rings. The molecule has 18 heavy (non-hydrogen) atoms. The molecular weight excluding hydrogens is 306 g/mol.